The number of aryl methyl sites for hydroxylation is 1. The van der Waals surface area contributed by atoms with Crippen LogP contribution < -0.4 is 0 Å². The molecule has 1 heterocycles. The minimum Gasteiger partial charge on any atom is -0.478 e. The second kappa shape index (κ2) is 5.53. The van der Waals surface area contributed by atoms with Crippen LogP contribution in [0, 0.1) is 12.7 Å². The lowest BCUT2D eigenvalue weighted by molar-refractivity contribution is 0.0692. The molecule has 6 nitrogen and oxygen atoms in total. The number of aromatic nitrogens is 2. The number of carboxylic acid groups (broad SMARTS) is 1. The van der Waals surface area contributed by atoms with E-state index in [9.17, 15) is 17.6 Å². The Labute approximate surface area is 127 Å². The molecule has 2 rings (SSSR count). The molecule has 0 unspecified atom stereocenters. The Morgan fingerprint density at radius 1 is 1.36 bits per heavy atom. The van der Waals surface area contributed by atoms with Gasteiger partial charge in [0.2, 0.25) is 0 Å². The van der Waals surface area contributed by atoms with Crippen LogP contribution in [0.5, 0.6) is 0 Å². The Kier molecular flexibility index (Phi) is 4.06. The zero-order valence-corrected chi connectivity index (χ0v) is 13.1. The van der Waals surface area contributed by atoms with Crippen molar-refractivity contribution in [1.29, 1.82) is 0 Å². The van der Waals surface area contributed by atoms with Crippen LogP contribution in [0.15, 0.2) is 24.5 Å². The van der Waals surface area contributed by atoms with Crippen molar-refractivity contribution >= 4 is 16.0 Å². The van der Waals surface area contributed by atoms with Crippen LogP contribution >= 0.6 is 0 Å². The highest BCUT2D eigenvalue weighted by Gasteiger charge is 2.21. The predicted molar refractivity (Wildman–Crippen MR) is 78.8 cm³/mol. The Hall–Kier alpha value is -2.22. The molecule has 0 saturated heterocycles. The first-order chi connectivity index (χ1) is 10.1. The fraction of sp³-hybridized carbons (Fsp3) is 0.286. The van der Waals surface area contributed by atoms with E-state index in [0.29, 0.717) is 16.7 Å². The van der Waals surface area contributed by atoms with Gasteiger partial charge >= 0.3 is 5.97 Å². The van der Waals surface area contributed by atoms with E-state index in [4.69, 9.17) is 5.11 Å². The SMILES string of the molecule is Cc1cc(F)c(C(=O)O)cc1-c1cnn(S(=O)(=O)C(C)C)c1. The molecule has 118 valence electrons. The normalized spacial score (nSPS) is 11.9. The number of nitrogens with zero attached hydrogens (tertiary/aromatic N) is 2. The summed E-state index contributed by atoms with van der Waals surface area (Å²) in [6.45, 7) is 4.67. The number of carboxylic acids is 1. The first kappa shape index (κ1) is 16.2. The van der Waals surface area contributed by atoms with E-state index in [2.05, 4.69) is 5.10 Å². The molecule has 0 spiro atoms. The van der Waals surface area contributed by atoms with Crippen molar-refractivity contribution in [3.63, 3.8) is 0 Å². The Balaban J connectivity index is 2.57. The second-order valence-corrected chi connectivity index (χ2v) is 7.49. The minimum absolute atomic E-state index is 0.407. The van der Waals surface area contributed by atoms with E-state index < -0.39 is 32.6 Å². The third kappa shape index (κ3) is 2.74. The largest absolute Gasteiger partial charge is 0.478 e. The predicted octanol–water partition coefficient (Wildman–Crippen LogP) is 2.28. The highest BCUT2D eigenvalue weighted by molar-refractivity contribution is 7.90. The van der Waals surface area contributed by atoms with E-state index in [-0.39, 0.29) is 0 Å². The van der Waals surface area contributed by atoms with E-state index in [1.54, 1.807) is 6.92 Å². The second-order valence-electron chi connectivity index (χ2n) is 5.15. The number of rotatable bonds is 4. The van der Waals surface area contributed by atoms with Gasteiger partial charge in [-0.15, -0.1) is 0 Å². The van der Waals surface area contributed by atoms with Crippen molar-refractivity contribution in [2.45, 2.75) is 26.0 Å². The van der Waals surface area contributed by atoms with E-state index in [1.165, 1.54) is 32.3 Å². The van der Waals surface area contributed by atoms with E-state index >= 15 is 0 Å². The van der Waals surface area contributed by atoms with Crippen molar-refractivity contribution in [1.82, 2.24) is 9.19 Å². The summed E-state index contributed by atoms with van der Waals surface area (Å²) in [4.78, 5) is 11.0. The maximum absolute atomic E-state index is 13.6. The first-order valence-corrected chi connectivity index (χ1v) is 7.97. The van der Waals surface area contributed by atoms with Crippen LogP contribution in [0.4, 0.5) is 4.39 Å². The van der Waals surface area contributed by atoms with Gasteiger partial charge < -0.3 is 5.11 Å². The van der Waals surface area contributed by atoms with Gasteiger partial charge in [0.15, 0.2) is 0 Å². The van der Waals surface area contributed by atoms with Crippen molar-refractivity contribution in [3.05, 3.63) is 41.5 Å². The molecule has 1 N–H and O–H groups in total. The van der Waals surface area contributed by atoms with Gasteiger partial charge in [-0.3, -0.25) is 0 Å². The maximum atomic E-state index is 13.6. The summed E-state index contributed by atoms with van der Waals surface area (Å²) in [6, 6.07) is 2.28. The van der Waals surface area contributed by atoms with Crippen LogP contribution in [-0.2, 0) is 10.0 Å². The van der Waals surface area contributed by atoms with Crippen molar-refractivity contribution in [3.8, 4) is 11.1 Å². The number of aromatic carboxylic acids is 1. The summed E-state index contributed by atoms with van der Waals surface area (Å²) in [6.07, 6.45) is 2.60. The van der Waals surface area contributed by atoms with E-state index in [1.807, 2.05) is 0 Å². The molecule has 1 aromatic carbocycles. The number of benzene rings is 1. The molecule has 22 heavy (non-hydrogen) atoms. The summed E-state index contributed by atoms with van der Waals surface area (Å²) in [5.74, 6) is -2.23. The smallest absolute Gasteiger partial charge is 0.338 e. The number of halogens is 1. The zero-order chi connectivity index (χ0) is 16.7. The van der Waals surface area contributed by atoms with Gasteiger partial charge in [0, 0.05) is 5.56 Å². The van der Waals surface area contributed by atoms with Gasteiger partial charge in [0.1, 0.15) is 5.82 Å². The number of carbonyl (C=O) groups is 1. The molecule has 0 aliphatic carbocycles. The highest BCUT2D eigenvalue weighted by Crippen LogP contribution is 2.26. The molecule has 2 aromatic rings. The van der Waals surface area contributed by atoms with Crippen LogP contribution in [0.1, 0.15) is 29.8 Å². The maximum Gasteiger partial charge on any atom is 0.338 e. The molecular formula is C14H15FN2O4S. The minimum atomic E-state index is -3.60. The lowest BCUT2D eigenvalue weighted by Crippen LogP contribution is -2.22. The lowest BCUT2D eigenvalue weighted by Gasteiger charge is -2.07. The van der Waals surface area contributed by atoms with Crippen molar-refractivity contribution in [2.75, 3.05) is 0 Å². The Morgan fingerprint density at radius 3 is 2.55 bits per heavy atom. The Morgan fingerprint density at radius 2 is 2.00 bits per heavy atom. The van der Waals surface area contributed by atoms with Gasteiger partial charge in [0.05, 0.1) is 23.2 Å². The molecule has 0 atom stereocenters. The van der Waals surface area contributed by atoms with Crippen LogP contribution in [0.2, 0.25) is 0 Å². The molecule has 0 bridgehead atoms. The van der Waals surface area contributed by atoms with Gasteiger partial charge in [-0.05, 0) is 44.0 Å². The van der Waals surface area contributed by atoms with Crippen molar-refractivity contribution < 1.29 is 22.7 Å². The average Bonchev–Trinajstić information content (AvgIpc) is 2.88. The molecule has 0 aliphatic rings. The van der Waals surface area contributed by atoms with Crippen LogP contribution in [0.25, 0.3) is 11.1 Å². The molecular weight excluding hydrogens is 311 g/mol. The molecule has 0 radical (unpaired) electrons. The summed E-state index contributed by atoms with van der Waals surface area (Å²) in [7, 11) is -3.60. The first-order valence-electron chi connectivity index (χ1n) is 6.47. The number of hydrogen-bond donors (Lipinski definition) is 1. The standard InChI is InChI=1S/C14H15FN2O4S/c1-8(2)22(20,21)17-7-10(6-16-17)11-5-12(14(18)19)13(15)4-9(11)3/h4-8H,1-3H3,(H,18,19). The van der Waals surface area contributed by atoms with Gasteiger partial charge in [-0.2, -0.15) is 9.19 Å². The van der Waals surface area contributed by atoms with Crippen LogP contribution in [-0.4, -0.2) is 33.9 Å². The quantitative estimate of drug-likeness (QED) is 0.931. The molecule has 0 fully saturated rings. The molecule has 0 saturated carbocycles. The van der Waals surface area contributed by atoms with Crippen LogP contribution in [0.3, 0.4) is 0 Å². The summed E-state index contributed by atoms with van der Waals surface area (Å²) in [5, 5.41) is 12.1. The molecule has 8 heteroatoms. The summed E-state index contributed by atoms with van der Waals surface area (Å²) in [5.41, 5.74) is 0.845. The summed E-state index contributed by atoms with van der Waals surface area (Å²) < 4.78 is 38.5. The molecule has 0 aliphatic heterocycles. The van der Waals surface area contributed by atoms with Gasteiger partial charge in [0.25, 0.3) is 10.0 Å². The third-order valence-electron chi connectivity index (χ3n) is 3.27. The monoisotopic (exact) mass is 326 g/mol. The Bertz CT molecular complexity index is 841. The third-order valence-corrected chi connectivity index (χ3v) is 5.18. The molecule has 0 amide bonds. The van der Waals surface area contributed by atoms with E-state index in [0.717, 1.165) is 10.2 Å². The highest BCUT2D eigenvalue weighted by atomic mass is 32.2. The average molecular weight is 326 g/mol. The van der Waals surface area contributed by atoms with Gasteiger partial charge in [-0.1, -0.05) is 0 Å². The summed E-state index contributed by atoms with van der Waals surface area (Å²) >= 11 is 0. The topological polar surface area (TPSA) is 89.3 Å². The fourth-order valence-corrected chi connectivity index (χ4v) is 2.82. The number of hydrogen-bond acceptors (Lipinski definition) is 4. The van der Waals surface area contributed by atoms with Crippen molar-refractivity contribution in [2.24, 2.45) is 0 Å². The molecule has 1 aromatic heterocycles. The zero-order valence-electron chi connectivity index (χ0n) is 12.2. The lowest BCUT2D eigenvalue weighted by atomic mass is 10.00. The van der Waals surface area contributed by atoms with Gasteiger partial charge in [-0.25, -0.2) is 17.6 Å². The fourth-order valence-electron chi connectivity index (χ4n) is 1.95.